The van der Waals surface area contributed by atoms with Crippen molar-refractivity contribution in [2.45, 2.75) is 26.8 Å². The lowest BCUT2D eigenvalue weighted by Crippen LogP contribution is -2.35. The first-order chi connectivity index (χ1) is 6.97. The molecule has 1 unspecified atom stereocenters. The van der Waals surface area contributed by atoms with Crippen LogP contribution in [0.5, 0.6) is 0 Å². The first-order valence-corrected chi connectivity index (χ1v) is 4.85. The lowest BCUT2D eigenvalue weighted by Gasteiger charge is -2.13. The Labute approximate surface area is 86.9 Å². The van der Waals surface area contributed by atoms with Crippen LogP contribution in [-0.4, -0.2) is 9.55 Å². The minimum Gasteiger partial charge on any atom is -0.391 e. The molecule has 0 aliphatic carbocycles. The van der Waals surface area contributed by atoms with Crippen molar-refractivity contribution in [2.24, 2.45) is 5.92 Å². The molecule has 0 aromatic carbocycles. The first-order valence-electron chi connectivity index (χ1n) is 4.85. The van der Waals surface area contributed by atoms with Gasteiger partial charge in [0.25, 0.3) is 5.56 Å². The van der Waals surface area contributed by atoms with Crippen molar-refractivity contribution in [3.63, 3.8) is 0 Å². The van der Waals surface area contributed by atoms with Crippen LogP contribution < -0.4 is 22.7 Å². The first kappa shape index (κ1) is 11.4. The summed E-state index contributed by atoms with van der Waals surface area (Å²) in [5.41, 5.74) is 9.81. The molecule has 0 spiro atoms. The Morgan fingerprint density at radius 3 is 2.53 bits per heavy atom. The molecule has 0 radical (unpaired) electrons. The van der Waals surface area contributed by atoms with Gasteiger partial charge < -0.3 is 11.5 Å². The normalized spacial score (nSPS) is 12.7. The smallest absolute Gasteiger partial charge is 0.330 e. The van der Waals surface area contributed by atoms with Gasteiger partial charge in [0.15, 0.2) is 0 Å². The number of nitrogens with zero attached hydrogens (tertiary/aromatic N) is 1. The summed E-state index contributed by atoms with van der Waals surface area (Å²) in [4.78, 5) is 24.7. The second-order valence-electron chi connectivity index (χ2n) is 3.68. The lowest BCUT2D eigenvalue weighted by molar-refractivity contribution is 0.458. The number of aromatic nitrogens is 2. The number of anilines is 2. The highest BCUT2D eigenvalue weighted by atomic mass is 16.2. The van der Waals surface area contributed by atoms with Crippen LogP contribution in [0.4, 0.5) is 11.5 Å². The van der Waals surface area contributed by atoms with Crippen LogP contribution in [0, 0.1) is 5.92 Å². The summed E-state index contributed by atoms with van der Waals surface area (Å²) < 4.78 is 1.30. The maximum absolute atomic E-state index is 11.4. The molecule has 1 rings (SSSR count). The minimum absolute atomic E-state index is 0.0454. The van der Waals surface area contributed by atoms with Crippen molar-refractivity contribution in [2.75, 3.05) is 11.5 Å². The van der Waals surface area contributed by atoms with Gasteiger partial charge in [-0.2, -0.15) is 0 Å². The van der Waals surface area contributed by atoms with E-state index in [-0.39, 0.29) is 11.5 Å². The Morgan fingerprint density at radius 1 is 1.40 bits per heavy atom. The molecule has 0 aliphatic heterocycles. The van der Waals surface area contributed by atoms with E-state index < -0.39 is 11.2 Å². The van der Waals surface area contributed by atoms with Crippen molar-refractivity contribution in [1.29, 1.82) is 0 Å². The Kier molecular flexibility index (Phi) is 3.18. The van der Waals surface area contributed by atoms with Crippen LogP contribution in [-0.2, 0) is 6.54 Å². The van der Waals surface area contributed by atoms with E-state index in [2.05, 4.69) is 4.98 Å². The molecule has 0 bridgehead atoms. The van der Waals surface area contributed by atoms with E-state index in [0.29, 0.717) is 12.5 Å². The predicted octanol–water partition coefficient (Wildman–Crippen LogP) is -0.253. The van der Waals surface area contributed by atoms with Crippen molar-refractivity contribution in [3.8, 4) is 0 Å². The summed E-state index contributed by atoms with van der Waals surface area (Å²) in [6, 6.07) is 0. The third-order valence-electron chi connectivity index (χ3n) is 2.47. The van der Waals surface area contributed by atoms with E-state index >= 15 is 0 Å². The third-order valence-corrected chi connectivity index (χ3v) is 2.47. The second-order valence-corrected chi connectivity index (χ2v) is 3.68. The molecule has 0 fully saturated rings. The summed E-state index contributed by atoms with van der Waals surface area (Å²) in [5.74, 6) is 0.347. The van der Waals surface area contributed by atoms with E-state index in [1.807, 2.05) is 13.8 Å². The Bertz CT molecular complexity index is 460. The standard InChI is InChI=1S/C9H16N4O2/c1-3-5(2)4-13-7(11)6(10)8(14)12-9(13)15/h5H,3-4,10-11H2,1-2H3,(H,12,14,15). The summed E-state index contributed by atoms with van der Waals surface area (Å²) in [6.45, 7) is 4.47. The van der Waals surface area contributed by atoms with Crippen LogP contribution >= 0.6 is 0 Å². The number of aromatic amines is 1. The number of H-pyrrole nitrogens is 1. The van der Waals surface area contributed by atoms with Crippen LogP contribution in [0.1, 0.15) is 20.3 Å². The van der Waals surface area contributed by atoms with Gasteiger partial charge in [-0.3, -0.25) is 14.3 Å². The van der Waals surface area contributed by atoms with Gasteiger partial charge in [0.1, 0.15) is 11.5 Å². The van der Waals surface area contributed by atoms with Gasteiger partial charge >= 0.3 is 5.69 Å². The van der Waals surface area contributed by atoms with Gasteiger partial charge in [0, 0.05) is 6.54 Å². The van der Waals surface area contributed by atoms with Crippen LogP contribution in [0.15, 0.2) is 9.59 Å². The Balaban J connectivity index is 3.24. The number of hydrogen-bond acceptors (Lipinski definition) is 4. The molecule has 6 nitrogen and oxygen atoms in total. The molecular formula is C9H16N4O2. The van der Waals surface area contributed by atoms with Crippen molar-refractivity contribution in [3.05, 3.63) is 20.8 Å². The van der Waals surface area contributed by atoms with Crippen LogP contribution in [0.3, 0.4) is 0 Å². The van der Waals surface area contributed by atoms with Crippen molar-refractivity contribution < 1.29 is 0 Å². The lowest BCUT2D eigenvalue weighted by atomic mass is 10.1. The number of nitrogens with two attached hydrogens (primary N) is 2. The largest absolute Gasteiger partial charge is 0.391 e. The zero-order valence-corrected chi connectivity index (χ0v) is 8.91. The van der Waals surface area contributed by atoms with Gasteiger partial charge in [-0.1, -0.05) is 20.3 Å². The fourth-order valence-electron chi connectivity index (χ4n) is 1.23. The van der Waals surface area contributed by atoms with Crippen LogP contribution in [0.25, 0.3) is 0 Å². The summed E-state index contributed by atoms with van der Waals surface area (Å²) in [7, 11) is 0. The number of rotatable bonds is 3. The van der Waals surface area contributed by atoms with Gasteiger partial charge in [-0.05, 0) is 5.92 Å². The average molecular weight is 212 g/mol. The van der Waals surface area contributed by atoms with Crippen molar-refractivity contribution in [1.82, 2.24) is 9.55 Å². The molecule has 0 aliphatic rings. The SMILES string of the molecule is CCC(C)Cn1c(N)c(N)c(=O)[nH]c1=O. The highest BCUT2D eigenvalue weighted by Gasteiger charge is 2.10. The quantitative estimate of drug-likeness (QED) is 0.642. The van der Waals surface area contributed by atoms with E-state index in [9.17, 15) is 9.59 Å². The number of nitrogen functional groups attached to an aromatic ring is 2. The van der Waals surface area contributed by atoms with Gasteiger partial charge in [0.05, 0.1) is 0 Å². The molecule has 1 atom stereocenters. The molecule has 0 saturated carbocycles. The predicted molar refractivity (Wildman–Crippen MR) is 59.6 cm³/mol. The maximum Gasteiger partial charge on any atom is 0.330 e. The fraction of sp³-hybridized carbons (Fsp3) is 0.556. The van der Waals surface area contributed by atoms with E-state index in [0.717, 1.165) is 6.42 Å². The third kappa shape index (κ3) is 2.20. The van der Waals surface area contributed by atoms with Crippen LogP contribution in [0.2, 0.25) is 0 Å². The zero-order valence-electron chi connectivity index (χ0n) is 8.91. The zero-order chi connectivity index (χ0) is 11.6. The molecule has 5 N–H and O–H groups in total. The highest BCUT2D eigenvalue weighted by molar-refractivity contribution is 5.56. The Hall–Kier alpha value is -1.72. The molecule has 1 aromatic rings. The van der Waals surface area contributed by atoms with Gasteiger partial charge in [-0.15, -0.1) is 0 Å². The van der Waals surface area contributed by atoms with E-state index in [4.69, 9.17) is 11.5 Å². The molecule has 6 heteroatoms. The maximum atomic E-state index is 11.4. The molecule has 1 aromatic heterocycles. The molecule has 1 heterocycles. The summed E-state index contributed by atoms with van der Waals surface area (Å²) >= 11 is 0. The molecule has 15 heavy (non-hydrogen) atoms. The molecule has 0 amide bonds. The minimum atomic E-state index is -0.627. The van der Waals surface area contributed by atoms with E-state index in [1.165, 1.54) is 4.57 Å². The summed E-state index contributed by atoms with van der Waals surface area (Å²) in [5, 5.41) is 0. The number of hydrogen-bond donors (Lipinski definition) is 3. The average Bonchev–Trinajstić information content (AvgIpc) is 2.21. The Morgan fingerprint density at radius 2 is 2.00 bits per heavy atom. The molecule has 84 valence electrons. The van der Waals surface area contributed by atoms with Crippen molar-refractivity contribution >= 4 is 11.5 Å². The number of nitrogens with one attached hydrogen (secondary N) is 1. The molecular weight excluding hydrogens is 196 g/mol. The monoisotopic (exact) mass is 212 g/mol. The van der Waals surface area contributed by atoms with Gasteiger partial charge in [-0.25, -0.2) is 4.79 Å². The second kappa shape index (κ2) is 4.20. The fourth-order valence-corrected chi connectivity index (χ4v) is 1.23. The topological polar surface area (TPSA) is 107 Å². The highest BCUT2D eigenvalue weighted by Crippen LogP contribution is 2.09. The van der Waals surface area contributed by atoms with E-state index in [1.54, 1.807) is 0 Å². The summed E-state index contributed by atoms with van der Waals surface area (Å²) in [6.07, 6.45) is 0.922. The van der Waals surface area contributed by atoms with Gasteiger partial charge in [0.2, 0.25) is 0 Å². The molecule has 0 saturated heterocycles.